The van der Waals surface area contributed by atoms with Crippen molar-refractivity contribution in [1.82, 2.24) is 9.80 Å². The summed E-state index contributed by atoms with van der Waals surface area (Å²) in [4.78, 5) is 14.2. The van der Waals surface area contributed by atoms with Gasteiger partial charge in [-0.05, 0) is 27.7 Å². The lowest BCUT2D eigenvalue weighted by molar-refractivity contribution is 0.335. The van der Waals surface area contributed by atoms with Crippen LogP contribution in [0.4, 0.5) is 0 Å². The van der Waals surface area contributed by atoms with Crippen LogP contribution in [-0.2, 0) is 0 Å². The van der Waals surface area contributed by atoms with Gasteiger partial charge < -0.3 is 9.80 Å². The molecular weight excluding hydrogens is 336 g/mol. The first-order valence-electron chi connectivity index (χ1n) is 9.29. The number of azo groups is 1. The molecule has 0 saturated carbocycles. The van der Waals surface area contributed by atoms with Crippen molar-refractivity contribution in [2.75, 3.05) is 13.1 Å². The first-order chi connectivity index (χ1) is 11.2. The maximum Gasteiger partial charge on any atom is 0.179 e. The zero-order valence-electron chi connectivity index (χ0n) is 17.0. The van der Waals surface area contributed by atoms with Gasteiger partial charge in [-0.1, -0.05) is 27.7 Å². The third-order valence-corrected chi connectivity index (χ3v) is 4.48. The van der Waals surface area contributed by atoms with Gasteiger partial charge in [0.15, 0.2) is 12.3 Å². The number of nitrogens with zero attached hydrogens (tertiary/aromatic N) is 6. The lowest BCUT2D eigenvalue weighted by Crippen LogP contribution is -2.37. The van der Waals surface area contributed by atoms with Crippen molar-refractivity contribution in [3.63, 3.8) is 0 Å². The van der Waals surface area contributed by atoms with Crippen LogP contribution in [0.3, 0.4) is 0 Å². The number of amidine groups is 2. The van der Waals surface area contributed by atoms with Crippen molar-refractivity contribution < 1.29 is 0 Å². The second-order valence-electron chi connectivity index (χ2n) is 7.97. The fraction of sp³-hybridized carbons (Fsp3) is 0.889. The van der Waals surface area contributed by atoms with Crippen molar-refractivity contribution in [1.29, 1.82) is 0 Å². The summed E-state index contributed by atoms with van der Waals surface area (Å²) in [6.45, 7) is 19.2. The van der Waals surface area contributed by atoms with Gasteiger partial charge in [-0.3, -0.25) is 0 Å². The molecule has 0 amide bonds. The van der Waals surface area contributed by atoms with E-state index in [2.05, 4.69) is 75.4 Å². The molecule has 0 aromatic heterocycles. The van der Waals surface area contributed by atoms with Crippen LogP contribution in [0, 0.1) is 11.8 Å². The third kappa shape index (κ3) is 5.16. The number of hydrogen-bond donors (Lipinski definition) is 0. The second kappa shape index (κ2) is 8.97. The summed E-state index contributed by atoms with van der Waals surface area (Å²) in [5, 5.41) is 9.04. The maximum absolute atomic E-state index is 4.78. The Labute approximate surface area is 159 Å². The molecule has 2 aliphatic rings. The molecule has 2 atom stereocenters. The van der Waals surface area contributed by atoms with Crippen LogP contribution >= 0.6 is 12.4 Å². The van der Waals surface area contributed by atoms with Gasteiger partial charge in [-0.15, -0.1) is 12.4 Å². The Morgan fingerprint density at radius 2 is 1.04 bits per heavy atom. The van der Waals surface area contributed by atoms with Gasteiger partial charge in [0.1, 0.15) is 11.7 Å². The zero-order valence-corrected chi connectivity index (χ0v) is 17.8. The molecule has 2 aliphatic heterocycles. The van der Waals surface area contributed by atoms with Crippen molar-refractivity contribution in [3.8, 4) is 0 Å². The monoisotopic (exact) mass is 370 g/mol. The topological polar surface area (TPSA) is 55.9 Å². The molecule has 25 heavy (non-hydrogen) atoms. The molecular formula is C18H35ClN6. The minimum atomic E-state index is -0.0874. The fourth-order valence-corrected chi connectivity index (χ4v) is 3.26. The van der Waals surface area contributed by atoms with Gasteiger partial charge in [0.25, 0.3) is 0 Å². The first-order valence-corrected chi connectivity index (χ1v) is 9.29. The summed E-state index contributed by atoms with van der Waals surface area (Å²) in [5.74, 6) is 3.13. The van der Waals surface area contributed by atoms with E-state index < -0.39 is 0 Å². The van der Waals surface area contributed by atoms with E-state index in [4.69, 9.17) is 9.98 Å². The highest BCUT2D eigenvalue weighted by atomic mass is 35.5. The standard InChI is InChI=1S/C18H34N6.ClH/c1-11(2)17-19-15(9-23(17)13(5)6)21-22-16-10-24(14(7)8)18(20-16)12(3)4;/h11-16H,9-10H2,1-8H3;1H/b22-21+;. The molecule has 0 aliphatic carbocycles. The van der Waals surface area contributed by atoms with E-state index >= 15 is 0 Å². The molecule has 0 aromatic carbocycles. The summed E-state index contributed by atoms with van der Waals surface area (Å²) in [7, 11) is 0. The molecule has 2 rings (SSSR count). The highest BCUT2D eigenvalue weighted by Crippen LogP contribution is 2.22. The molecule has 7 heteroatoms. The highest BCUT2D eigenvalue weighted by Gasteiger charge is 2.31. The number of aliphatic imine (C=N–C) groups is 2. The van der Waals surface area contributed by atoms with E-state index in [0.29, 0.717) is 23.9 Å². The lowest BCUT2D eigenvalue weighted by Gasteiger charge is -2.26. The fourth-order valence-electron chi connectivity index (χ4n) is 3.26. The SMILES string of the molecule is CC(C)C1=NC(/N=N/C2CN(C(C)C)C(C(C)C)=N2)CN1C(C)C.Cl. The second-order valence-corrected chi connectivity index (χ2v) is 7.97. The largest absolute Gasteiger partial charge is 0.353 e. The molecule has 0 spiro atoms. The van der Waals surface area contributed by atoms with Crippen LogP contribution in [0.5, 0.6) is 0 Å². The average Bonchev–Trinajstić information content (AvgIpc) is 3.09. The molecule has 0 radical (unpaired) electrons. The average molecular weight is 371 g/mol. The summed E-state index contributed by atoms with van der Waals surface area (Å²) >= 11 is 0. The Kier molecular flexibility index (Phi) is 7.85. The predicted molar refractivity (Wildman–Crippen MR) is 108 cm³/mol. The van der Waals surface area contributed by atoms with Crippen LogP contribution in [0.15, 0.2) is 20.2 Å². The Balaban J connectivity index is 0.00000312. The molecule has 0 saturated heterocycles. The van der Waals surface area contributed by atoms with Gasteiger partial charge in [0, 0.05) is 23.9 Å². The lowest BCUT2D eigenvalue weighted by atomic mass is 10.1. The smallest absolute Gasteiger partial charge is 0.179 e. The quantitative estimate of drug-likeness (QED) is 0.661. The minimum Gasteiger partial charge on any atom is -0.353 e. The summed E-state index contributed by atoms with van der Waals surface area (Å²) in [6.07, 6.45) is -0.175. The molecule has 2 heterocycles. The Hall–Kier alpha value is -1.17. The Morgan fingerprint density at radius 3 is 1.24 bits per heavy atom. The zero-order chi connectivity index (χ0) is 18.0. The number of rotatable bonds is 6. The van der Waals surface area contributed by atoms with Crippen LogP contribution in [-0.4, -0.2) is 59.0 Å². The summed E-state index contributed by atoms with van der Waals surface area (Å²) in [5.41, 5.74) is 0. The van der Waals surface area contributed by atoms with E-state index in [1.807, 2.05) is 0 Å². The molecule has 6 nitrogen and oxygen atoms in total. The van der Waals surface area contributed by atoms with E-state index in [1.54, 1.807) is 0 Å². The highest BCUT2D eigenvalue weighted by molar-refractivity contribution is 5.86. The Morgan fingerprint density at radius 1 is 0.720 bits per heavy atom. The minimum absolute atomic E-state index is 0. The van der Waals surface area contributed by atoms with E-state index in [1.165, 1.54) is 0 Å². The summed E-state index contributed by atoms with van der Waals surface area (Å²) in [6, 6.07) is 0.889. The predicted octanol–water partition coefficient (Wildman–Crippen LogP) is 4.07. The van der Waals surface area contributed by atoms with Crippen LogP contribution in [0.2, 0.25) is 0 Å². The van der Waals surface area contributed by atoms with Crippen LogP contribution in [0.1, 0.15) is 55.4 Å². The normalized spacial score (nSPS) is 24.2. The third-order valence-electron chi connectivity index (χ3n) is 4.48. The van der Waals surface area contributed by atoms with Crippen molar-refractivity contribution in [2.24, 2.45) is 32.0 Å². The van der Waals surface area contributed by atoms with Gasteiger partial charge in [0.05, 0.1) is 13.1 Å². The molecule has 0 fully saturated rings. The number of halogens is 1. The van der Waals surface area contributed by atoms with E-state index in [9.17, 15) is 0 Å². The molecule has 0 bridgehead atoms. The van der Waals surface area contributed by atoms with Gasteiger partial charge in [0.2, 0.25) is 0 Å². The maximum atomic E-state index is 4.78. The molecule has 0 aromatic rings. The molecule has 0 N–H and O–H groups in total. The van der Waals surface area contributed by atoms with Gasteiger partial charge in [-0.25, -0.2) is 9.98 Å². The van der Waals surface area contributed by atoms with Crippen LogP contribution in [0.25, 0.3) is 0 Å². The van der Waals surface area contributed by atoms with Crippen molar-refractivity contribution >= 4 is 24.1 Å². The summed E-state index contributed by atoms with van der Waals surface area (Å²) < 4.78 is 0. The van der Waals surface area contributed by atoms with E-state index in [-0.39, 0.29) is 24.7 Å². The van der Waals surface area contributed by atoms with Gasteiger partial charge in [-0.2, -0.15) is 10.2 Å². The van der Waals surface area contributed by atoms with E-state index in [0.717, 1.165) is 24.8 Å². The van der Waals surface area contributed by atoms with Crippen molar-refractivity contribution in [3.05, 3.63) is 0 Å². The molecule has 2 unspecified atom stereocenters. The van der Waals surface area contributed by atoms with Crippen molar-refractivity contribution in [2.45, 2.75) is 79.8 Å². The first kappa shape index (κ1) is 21.9. The molecule has 144 valence electrons. The number of hydrogen-bond acceptors (Lipinski definition) is 6. The van der Waals surface area contributed by atoms with Crippen LogP contribution < -0.4 is 0 Å². The Bertz CT molecular complexity index is 478. The van der Waals surface area contributed by atoms with Gasteiger partial charge >= 0.3 is 0 Å².